The topological polar surface area (TPSA) is 20.2 Å². The van der Waals surface area contributed by atoms with Crippen LogP contribution in [0.3, 0.4) is 0 Å². The average Bonchev–Trinajstić information content (AvgIpc) is 2.09. The Morgan fingerprint density at radius 2 is 1.93 bits per heavy atom. The summed E-state index contributed by atoms with van der Waals surface area (Å²) in [6.07, 6.45) is 1.82. The molecule has 1 atom stereocenters. The first kappa shape index (κ1) is 11.3. The van der Waals surface area contributed by atoms with Crippen molar-refractivity contribution >= 4 is 0 Å². The van der Waals surface area contributed by atoms with Gasteiger partial charge in [0.2, 0.25) is 0 Å². The monoisotopic (exact) mass is 192 g/mol. The molecule has 1 aromatic carbocycles. The molecule has 0 fully saturated rings. The highest BCUT2D eigenvalue weighted by Crippen LogP contribution is 2.29. The lowest BCUT2D eigenvalue weighted by molar-refractivity contribution is 0.0463. The summed E-state index contributed by atoms with van der Waals surface area (Å²) in [5.74, 6) is 0. The van der Waals surface area contributed by atoms with Crippen molar-refractivity contribution in [2.24, 2.45) is 0 Å². The Kier molecular flexibility index (Phi) is 3.33. The van der Waals surface area contributed by atoms with E-state index in [1.165, 1.54) is 11.1 Å². The van der Waals surface area contributed by atoms with Crippen molar-refractivity contribution in [3.63, 3.8) is 0 Å². The Morgan fingerprint density at radius 3 is 2.50 bits per heavy atom. The molecule has 1 unspecified atom stereocenters. The third-order valence-electron chi connectivity index (χ3n) is 2.71. The summed E-state index contributed by atoms with van der Waals surface area (Å²) in [5, 5.41) is 10.3. The Labute approximate surface area is 86.8 Å². The van der Waals surface area contributed by atoms with Gasteiger partial charge in [-0.05, 0) is 38.3 Å². The molecule has 0 radical (unpaired) electrons. The van der Waals surface area contributed by atoms with E-state index in [0.29, 0.717) is 0 Å². The molecule has 1 aromatic rings. The van der Waals surface area contributed by atoms with Gasteiger partial charge in [-0.3, -0.25) is 0 Å². The molecule has 0 saturated carbocycles. The summed E-state index contributed by atoms with van der Waals surface area (Å²) in [6.45, 7) is 8.11. The van der Waals surface area contributed by atoms with E-state index in [1.807, 2.05) is 6.92 Å². The smallest absolute Gasteiger partial charge is 0.0871 e. The fourth-order valence-corrected chi connectivity index (χ4v) is 1.94. The molecular weight excluding hydrogens is 172 g/mol. The van der Waals surface area contributed by atoms with Gasteiger partial charge in [-0.25, -0.2) is 0 Å². The van der Waals surface area contributed by atoms with Gasteiger partial charge in [-0.15, -0.1) is 0 Å². The fourth-order valence-electron chi connectivity index (χ4n) is 1.94. The molecule has 0 bridgehead atoms. The molecule has 0 heterocycles. The molecular formula is C13H20O. The van der Waals surface area contributed by atoms with E-state index in [2.05, 4.69) is 39.0 Å². The maximum Gasteiger partial charge on any atom is 0.0871 e. The molecule has 0 aliphatic carbocycles. The zero-order valence-corrected chi connectivity index (χ0v) is 9.59. The molecule has 1 heteroatoms. The standard InChI is InChI=1S/C13H20O/c1-5-8-13(4,14)12-9-10(2)6-7-11(12)3/h6-7,9,14H,5,8H2,1-4H3. The number of hydrogen-bond acceptors (Lipinski definition) is 1. The van der Waals surface area contributed by atoms with Crippen molar-refractivity contribution in [2.75, 3.05) is 0 Å². The molecule has 0 spiro atoms. The van der Waals surface area contributed by atoms with Crippen LogP contribution in [0.2, 0.25) is 0 Å². The molecule has 0 aliphatic heterocycles. The van der Waals surface area contributed by atoms with Crippen LogP contribution < -0.4 is 0 Å². The van der Waals surface area contributed by atoms with E-state index in [9.17, 15) is 5.11 Å². The quantitative estimate of drug-likeness (QED) is 0.779. The minimum Gasteiger partial charge on any atom is -0.385 e. The first-order valence-electron chi connectivity index (χ1n) is 5.27. The second-order valence-electron chi connectivity index (χ2n) is 4.34. The SMILES string of the molecule is CCCC(C)(O)c1cc(C)ccc1C. The Morgan fingerprint density at radius 1 is 1.29 bits per heavy atom. The lowest BCUT2D eigenvalue weighted by atomic mass is 9.87. The van der Waals surface area contributed by atoms with Crippen LogP contribution in [0.5, 0.6) is 0 Å². The predicted octanol–water partition coefficient (Wildman–Crippen LogP) is 3.31. The first-order valence-corrected chi connectivity index (χ1v) is 5.27. The first-order chi connectivity index (χ1) is 6.47. The van der Waals surface area contributed by atoms with Crippen LogP contribution >= 0.6 is 0 Å². The molecule has 78 valence electrons. The summed E-state index contributed by atoms with van der Waals surface area (Å²) < 4.78 is 0. The van der Waals surface area contributed by atoms with Gasteiger partial charge >= 0.3 is 0 Å². The van der Waals surface area contributed by atoms with Gasteiger partial charge in [0.1, 0.15) is 0 Å². The Bertz CT molecular complexity index is 313. The highest BCUT2D eigenvalue weighted by molar-refractivity contribution is 5.34. The highest BCUT2D eigenvalue weighted by Gasteiger charge is 2.23. The maximum absolute atomic E-state index is 10.3. The van der Waals surface area contributed by atoms with Gasteiger partial charge in [0, 0.05) is 0 Å². The minimum atomic E-state index is -0.676. The van der Waals surface area contributed by atoms with Crippen LogP contribution in [0.1, 0.15) is 43.4 Å². The van der Waals surface area contributed by atoms with E-state index in [1.54, 1.807) is 0 Å². The second kappa shape index (κ2) is 4.14. The van der Waals surface area contributed by atoms with E-state index in [-0.39, 0.29) is 0 Å². The van der Waals surface area contributed by atoms with Crippen molar-refractivity contribution in [1.29, 1.82) is 0 Å². The summed E-state index contributed by atoms with van der Waals surface area (Å²) in [6, 6.07) is 6.25. The van der Waals surface area contributed by atoms with Crippen molar-refractivity contribution < 1.29 is 5.11 Å². The number of aliphatic hydroxyl groups is 1. The van der Waals surface area contributed by atoms with E-state index in [0.717, 1.165) is 18.4 Å². The van der Waals surface area contributed by atoms with Crippen LogP contribution in [-0.4, -0.2) is 5.11 Å². The molecule has 1 rings (SSSR count). The summed E-state index contributed by atoms with van der Waals surface area (Å²) in [5.41, 5.74) is 2.78. The van der Waals surface area contributed by atoms with Gasteiger partial charge in [0.15, 0.2) is 0 Å². The summed E-state index contributed by atoms with van der Waals surface area (Å²) in [7, 11) is 0. The number of aryl methyl sites for hydroxylation is 2. The van der Waals surface area contributed by atoms with Crippen LogP contribution in [0.4, 0.5) is 0 Å². The van der Waals surface area contributed by atoms with Crippen molar-refractivity contribution in [3.8, 4) is 0 Å². The molecule has 0 saturated heterocycles. The van der Waals surface area contributed by atoms with E-state index >= 15 is 0 Å². The maximum atomic E-state index is 10.3. The highest BCUT2D eigenvalue weighted by atomic mass is 16.3. The zero-order chi connectivity index (χ0) is 10.8. The lowest BCUT2D eigenvalue weighted by Gasteiger charge is -2.25. The second-order valence-corrected chi connectivity index (χ2v) is 4.34. The third-order valence-corrected chi connectivity index (χ3v) is 2.71. The van der Waals surface area contributed by atoms with Crippen molar-refractivity contribution in [1.82, 2.24) is 0 Å². The zero-order valence-electron chi connectivity index (χ0n) is 9.59. The summed E-state index contributed by atoms with van der Waals surface area (Å²) >= 11 is 0. The molecule has 14 heavy (non-hydrogen) atoms. The van der Waals surface area contributed by atoms with Crippen LogP contribution in [0.25, 0.3) is 0 Å². The largest absolute Gasteiger partial charge is 0.385 e. The molecule has 0 amide bonds. The normalized spacial score (nSPS) is 15.2. The van der Waals surface area contributed by atoms with Gasteiger partial charge in [0.25, 0.3) is 0 Å². The number of benzene rings is 1. The van der Waals surface area contributed by atoms with E-state index in [4.69, 9.17) is 0 Å². The number of rotatable bonds is 3. The molecule has 0 aromatic heterocycles. The minimum absolute atomic E-state index is 0.676. The van der Waals surface area contributed by atoms with Crippen molar-refractivity contribution in [3.05, 3.63) is 34.9 Å². The van der Waals surface area contributed by atoms with Gasteiger partial charge in [-0.1, -0.05) is 37.1 Å². The van der Waals surface area contributed by atoms with Crippen molar-refractivity contribution in [2.45, 2.75) is 46.1 Å². The Hall–Kier alpha value is -0.820. The predicted molar refractivity (Wildman–Crippen MR) is 60.4 cm³/mol. The van der Waals surface area contributed by atoms with Crippen LogP contribution in [0, 0.1) is 13.8 Å². The van der Waals surface area contributed by atoms with E-state index < -0.39 is 5.60 Å². The lowest BCUT2D eigenvalue weighted by Crippen LogP contribution is -2.22. The molecule has 1 nitrogen and oxygen atoms in total. The third kappa shape index (κ3) is 2.36. The number of hydrogen-bond donors (Lipinski definition) is 1. The van der Waals surface area contributed by atoms with Gasteiger partial charge in [0.05, 0.1) is 5.60 Å². The van der Waals surface area contributed by atoms with Gasteiger partial charge < -0.3 is 5.11 Å². The fraction of sp³-hybridized carbons (Fsp3) is 0.538. The van der Waals surface area contributed by atoms with Gasteiger partial charge in [-0.2, -0.15) is 0 Å². The summed E-state index contributed by atoms with van der Waals surface area (Å²) in [4.78, 5) is 0. The Balaban J connectivity index is 3.10. The average molecular weight is 192 g/mol. The van der Waals surface area contributed by atoms with Crippen LogP contribution in [0.15, 0.2) is 18.2 Å². The molecule has 1 N–H and O–H groups in total. The van der Waals surface area contributed by atoms with Crippen LogP contribution in [-0.2, 0) is 5.60 Å². The molecule has 0 aliphatic rings.